The Kier molecular flexibility index (Phi) is 5.66. The van der Waals surface area contributed by atoms with E-state index in [1.165, 1.54) is 25.7 Å². The third kappa shape index (κ3) is 3.70. The fourth-order valence-corrected chi connectivity index (χ4v) is 4.91. The summed E-state index contributed by atoms with van der Waals surface area (Å²) in [6.07, 6.45) is 9.32. The monoisotopic (exact) mass is 364 g/mol. The van der Waals surface area contributed by atoms with E-state index in [4.69, 9.17) is 19.9 Å². The van der Waals surface area contributed by atoms with Crippen LogP contribution in [0.4, 0.5) is 5.69 Å². The van der Waals surface area contributed by atoms with E-state index in [2.05, 4.69) is 10.00 Å². The number of aromatic nitrogens is 2. The molecule has 2 N–H and O–H groups in total. The summed E-state index contributed by atoms with van der Waals surface area (Å²) in [5.74, 6) is 0.540. The van der Waals surface area contributed by atoms with Crippen LogP contribution < -0.4 is 10.5 Å². The van der Waals surface area contributed by atoms with Gasteiger partial charge in [-0.3, -0.25) is 9.58 Å². The third-order valence-corrected chi connectivity index (χ3v) is 6.15. The molecule has 0 unspecified atom stereocenters. The first kappa shape index (κ1) is 18.1. The van der Waals surface area contributed by atoms with Crippen molar-refractivity contribution in [2.75, 3.05) is 38.8 Å². The Labute approximate surface area is 155 Å². The van der Waals surface area contributed by atoms with E-state index in [0.29, 0.717) is 55.6 Å². The van der Waals surface area contributed by atoms with Crippen LogP contribution in [0.3, 0.4) is 0 Å². The average molecular weight is 364 g/mol. The number of nitrogens with two attached hydrogens (primary N) is 1. The van der Waals surface area contributed by atoms with Gasteiger partial charge in [-0.25, -0.2) is 0 Å². The molecule has 4 rings (SSSR count). The Hall–Kier alpha value is -1.31. The number of hydrogen-bond donors (Lipinski definition) is 1. The molecule has 0 amide bonds. The second kappa shape index (κ2) is 8.15. The Morgan fingerprint density at radius 2 is 1.69 bits per heavy atom. The SMILES string of the molecule is CCOCCOc1nn(C2CCC(N3[C@@H]4CC[C@H]3COC4)CC2)cc1N. The van der Waals surface area contributed by atoms with Gasteiger partial charge in [0.05, 0.1) is 32.1 Å². The predicted molar refractivity (Wildman–Crippen MR) is 99.4 cm³/mol. The van der Waals surface area contributed by atoms with E-state index in [1.807, 2.05) is 17.8 Å². The zero-order valence-electron chi connectivity index (χ0n) is 15.8. The standard InChI is InChI=1S/C19H32N4O3/c1-2-24-9-10-26-19-18(20)11-22(21-19)14-3-5-15(6-4-14)23-16-7-8-17(23)13-25-12-16/h11,14-17H,2-10,12-13,20H2,1H3/t14?,15?,16-,17+. The number of anilines is 1. The average Bonchev–Trinajstić information content (AvgIpc) is 3.15. The number of nitrogens with zero attached hydrogens (tertiary/aromatic N) is 3. The first-order valence-corrected chi connectivity index (χ1v) is 10.2. The lowest BCUT2D eigenvalue weighted by molar-refractivity contribution is -0.0458. The van der Waals surface area contributed by atoms with Crippen molar-refractivity contribution in [1.29, 1.82) is 0 Å². The van der Waals surface area contributed by atoms with Crippen LogP contribution in [0.25, 0.3) is 0 Å². The highest BCUT2D eigenvalue weighted by atomic mass is 16.5. The van der Waals surface area contributed by atoms with Crippen molar-refractivity contribution in [3.63, 3.8) is 0 Å². The molecular formula is C19H32N4O3. The molecule has 3 heterocycles. The van der Waals surface area contributed by atoms with Crippen LogP contribution in [0.5, 0.6) is 5.88 Å². The lowest BCUT2D eigenvalue weighted by Crippen LogP contribution is -2.52. The summed E-state index contributed by atoms with van der Waals surface area (Å²) in [5, 5.41) is 4.59. The second-order valence-corrected chi connectivity index (χ2v) is 7.75. The molecule has 2 aliphatic heterocycles. The van der Waals surface area contributed by atoms with Crippen LogP contribution >= 0.6 is 0 Å². The third-order valence-electron chi connectivity index (χ3n) is 6.15. The first-order valence-electron chi connectivity index (χ1n) is 10.2. The highest BCUT2D eigenvalue weighted by Gasteiger charge is 2.42. The normalized spacial score (nSPS) is 32.0. The maximum Gasteiger partial charge on any atom is 0.256 e. The topological polar surface area (TPSA) is 74.8 Å². The minimum atomic E-state index is 0.427. The zero-order valence-corrected chi connectivity index (χ0v) is 15.8. The van der Waals surface area contributed by atoms with Gasteiger partial charge in [-0.05, 0) is 45.4 Å². The molecule has 26 heavy (non-hydrogen) atoms. The van der Waals surface area contributed by atoms with Gasteiger partial charge < -0.3 is 19.9 Å². The maximum absolute atomic E-state index is 6.08. The van der Waals surface area contributed by atoms with Crippen LogP contribution in [0.2, 0.25) is 0 Å². The van der Waals surface area contributed by atoms with Crippen LogP contribution in [0.1, 0.15) is 51.5 Å². The summed E-state index contributed by atoms with van der Waals surface area (Å²) in [7, 11) is 0. The highest BCUT2D eigenvalue weighted by molar-refractivity contribution is 5.46. The van der Waals surface area contributed by atoms with Crippen LogP contribution in [-0.4, -0.2) is 65.8 Å². The van der Waals surface area contributed by atoms with E-state index in [0.717, 1.165) is 26.1 Å². The molecule has 146 valence electrons. The quantitative estimate of drug-likeness (QED) is 0.748. The Morgan fingerprint density at radius 3 is 2.38 bits per heavy atom. The number of hydrogen-bond acceptors (Lipinski definition) is 6. The smallest absolute Gasteiger partial charge is 0.256 e. The predicted octanol–water partition coefficient (Wildman–Crippen LogP) is 2.23. The van der Waals surface area contributed by atoms with E-state index in [-0.39, 0.29) is 0 Å². The van der Waals surface area contributed by atoms with Crippen molar-refractivity contribution >= 4 is 5.69 Å². The van der Waals surface area contributed by atoms with Crippen LogP contribution in [-0.2, 0) is 9.47 Å². The molecule has 1 aromatic rings. The number of ether oxygens (including phenoxy) is 3. The lowest BCUT2D eigenvalue weighted by atomic mass is 9.89. The van der Waals surface area contributed by atoms with Crippen molar-refractivity contribution in [2.24, 2.45) is 0 Å². The van der Waals surface area contributed by atoms with E-state index >= 15 is 0 Å². The van der Waals surface area contributed by atoms with Gasteiger partial charge in [0.25, 0.3) is 5.88 Å². The highest BCUT2D eigenvalue weighted by Crippen LogP contribution is 2.38. The van der Waals surface area contributed by atoms with Gasteiger partial charge in [-0.1, -0.05) is 0 Å². The maximum atomic E-state index is 6.08. The van der Waals surface area contributed by atoms with Crippen LogP contribution in [0.15, 0.2) is 6.20 Å². The van der Waals surface area contributed by atoms with Crippen molar-refractivity contribution in [2.45, 2.75) is 69.6 Å². The summed E-state index contributed by atoms with van der Waals surface area (Å²) in [6.45, 7) is 5.57. The Morgan fingerprint density at radius 1 is 1.04 bits per heavy atom. The molecule has 3 fully saturated rings. The van der Waals surface area contributed by atoms with Crippen molar-refractivity contribution in [3.05, 3.63) is 6.20 Å². The number of rotatable bonds is 7. The Bertz CT molecular complexity index is 569. The molecule has 7 nitrogen and oxygen atoms in total. The zero-order chi connectivity index (χ0) is 17.9. The summed E-state index contributed by atoms with van der Waals surface area (Å²) >= 11 is 0. The molecule has 0 spiro atoms. The molecule has 2 saturated heterocycles. The number of fused-ring (bicyclic) bond motifs is 2. The molecule has 2 atom stereocenters. The lowest BCUT2D eigenvalue weighted by Gasteiger charge is -2.43. The van der Waals surface area contributed by atoms with Gasteiger partial charge in [-0.2, -0.15) is 0 Å². The fraction of sp³-hybridized carbons (Fsp3) is 0.842. The molecule has 7 heteroatoms. The molecule has 1 saturated carbocycles. The largest absolute Gasteiger partial charge is 0.473 e. The van der Waals surface area contributed by atoms with Crippen molar-refractivity contribution < 1.29 is 14.2 Å². The summed E-state index contributed by atoms with van der Waals surface area (Å²) < 4.78 is 18.7. The van der Waals surface area contributed by atoms with Gasteiger partial charge in [0.2, 0.25) is 0 Å². The van der Waals surface area contributed by atoms with E-state index in [1.54, 1.807) is 0 Å². The minimum Gasteiger partial charge on any atom is -0.473 e. The molecule has 1 aliphatic carbocycles. The first-order chi connectivity index (χ1) is 12.8. The molecule has 0 aromatic carbocycles. The minimum absolute atomic E-state index is 0.427. The van der Waals surface area contributed by atoms with Gasteiger partial charge in [0.1, 0.15) is 12.3 Å². The van der Waals surface area contributed by atoms with Gasteiger partial charge in [-0.15, -0.1) is 5.10 Å². The molecular weight excluding hydrogens is 332 g/mol. The van der Waals surface area contributed by atoms with Gasteiger partial charge >= 0.3 is 0 Å². The summed E-state index contributed by atoms with van der Waals surface area (Å²) in [6, 6.07) is 2.45. The van der Waals surface area contributed by atoms with E-state index in [9.17, 15) is 0 Å². The number of nitrogen functional groups attached to an aromatic ring is 1. The summed E-state index contributed by atoms with van der Waals surface area (Å²) in [5.41, 5.74) is 6.70. The van der Waals surface area contributed by atoms with Crippen molar-refractivity contribution in [1.82, 2.24) is 14.7 Å². The van der Waals surface area contributed by atoms with Crippen LogP contribution in [0, 0.1) is 0 Å². The number of morpholine rings is 1. The van der Waals surface area contributed by atoms with E-state index < -0.39 is 0 Å². The second-order valence-electron chi connectivity index (χ2n) is 7.75. The molecule has 2 bridgehead atoms. The molecule has 0 radical (unpaired) electrons. The summed E-state index contributed by atoms with van der Waals surface area (Å²) in [4.78, 5) is 2.78. The fourth-order valence-electron chi connectivity index (χ4n) is 4.91. The molecule has 3 aliphatic rings. The van der Waals surface area contributed by atoms with Crippen molar-refractivity contribution in [3.8, 4) is 5.88 Å². The van der Waals surface area contributed by atoms with Gasteiger partial charge in [0.15, 0.2) is 0 Å². The Balaban J connectivity index is 1.31. The van der Waals surface area contributed by atoms with Gasteiger partial charge in [0, 0.05) is 24.7 Å². The molecule has 1 aromatic heterocycles.